The molecule has 130 valence electrons. The van der Waals surface area contributed by atoms with Crippen molar-refractivity contribution in [3.8, 4) is 11.4 Å². The van der Waals surface area contributed by atoms with Crippen molar-refractivity contribution in [3.63, 3.8) is 0 Å². The molecule has 2 N–H and O–H groups in total. The van der Waals surface area contributed by atoms with Crippen molar-refractivity contribution in [2.24, 2.45) is 10.8 Å². The molecule has 0 saturated heterocycles. The molecule has 0 radical (unpaired) electrons. The van der Waals surface area contributed by atoms with E-state index in [1.54, 1.807) is 12.4 Å². The maximum absolute atomic E-state index is 10.8. The number of aliphatic hydroxyl groups is 2. The van der Waals surface area contributed by atoms with Gasteiger partial charge < -0.3 is 10.2 Å². The molecule has 0 amide bonds. The standard InChI is InChI=1S/C20H28N2O2/c1-19(2,3)17(23)13-9-7-11-21-15(13)16-14(10-8-12-22-16)18(24)20(4,5)6/h7-12,17-18,23-24H,1-6H3/t17-,18-/m1/s1. The number of aromatic nitrogens is 2. The zero-order valence-electron chi connectivity index (χ0n) is 15.4. The second-order valence-electron chi connectivity index (χ2n) is 8.42. The van der Waals surface area contributed by atoms with E-state index >= 15 is 0 Å². The van der Waals surface area contributed by atoms with E-state index in [0.717, 1.165) is 11.1 Å². The first-order valence-corrected chi connectivity index (χ1v) is 8.30. The second-order valence-corrected chi connectivity index (χ2v) is 8.42. The minimum absolute atomic E-state index is 0.324. The van der Waals surface area contributed by atoms with Gasteiger partial charge in [-0.05, 0) is 23.0 Å². The molecule has 0 aromatic carbocycles. The van der Waals surface area contributed by atoms with Crippen LogP contribution in [0.1, 0.15) is 64.9 Å². The average molecular weight is 328 g/mol. The summed E-state index contributed by atoms with van der Waals surface area (Å²) in [5, 5.41) is 21.5. The molecule has 24 heavy (non-hydrogen) atoms. The molecule has 0 aliphatic carbocycles. The molecular formula is C20H28N2O2. The molecule has 2 heterocycles. The smallest absolute Gasteiger partial charge is 0.0948 e. The molecule has 0 spiro atoms. The molecule has 4 heteroatoms. The molecule has 0 fully saturated rings. The Kier molecular flexibility index (Phi) is 5.11. The van der Waals surface area contributed by atoms with Crippen LogP contribution < -0.4 is 0 Å². The van der Waals surface area contributed by atoms with Gasteiger partial charge in [-0.3, -0.25) is 9.97 Å². The highest BCUT2D eigenvalue weighted by molar-refractivity contribution is 5.64. The molecule has 0 aliphatic heterocycles. The Morgan fingerprint density at radius 2 is 1.04 bits per heavy atom. The van der Waals surface area contributed by atoms with Gasteiger partial charge >= 0.3 is 0 Å². The predicted octanol–water partition coefficient (Wildman–Crippen LogP) is 4.30. The average Bonchev–Trinajstić information content (AvgIpc) is 2.51. The summed E-state index contributed by atoms with van der Waals surface area (Å²) in [4.78, 5) is 8.95. The van der Waals surface area contributed by atoms with Crippen LogP contribution in [0.3, 0.4) is 0 Å². The number of hydrogen-bond acceptors (Lipinski definition) is 4. The van der Waals surface area contributed by atoms with Gasteiger partial charge in [-0.1, -0.05) is 53.7 Å². The molecule has 2 rings (SSSR count). The maximum Gasteiger partial charge on any atom is 0.0948 e. The van der Waals surface area contributed by atoms with Crippen LogP contribution in [0.15, 0.2) is 36.7 Å². The van der Waals surface area contributed by atoms with E-state index in [9.17, 15) is 10.2 Å². The Balaban J connectivity index is 2.63. The summed E-state index contributed by atoms with van der Waals surface area (Å²) in [6, 6.07) is 7.38. The van der Waals surface area contributed by atoms with E-state index in [1.807, 2.05) is 65.8 Å². The normalized spacial score (nSPS) is 15.2. The second kappa shape index (κ2) is 6.61. The fourth-order valence-electron chi connectivity index (χ4n) is 2.61. The van der Waals surface area contributed by atoms with Gasteiger partial charge in [0.15, 0.2) is 0 Å². The molecule has 0 bridgehead atoms. The largest absolute Gasteiger partial charge is 0.388 e. The van der Waals surface area contributed by atoms with Crippen LogP contribution in [-0.2, 0) is 0 Å². The lowest BCUT2D eigenvalue weighted by Gasteiger charge is -2.29. The first kappa shape index (κ1) is 18.6. The minimum atomic E-state index is -0.678. The molecule has 0 unspecified atom stereocenters. The van der Waals surface area contributed by atoms with Gasteiger partial charge in [0.2, 0.25) is 0 Å². The van der Waals surface area contributed by atoms with Crippen molar-refractivity contribution in [2.75, 3.05) is 0 Å². The third-order valence-electron chi connectivity index (χ3n) is 4.13. The number of nitrogens with zero attached hydrogens (tertiary/aromatic N) is 2. The Morgan fingerprint density at radius 3 is 1.33 bits per heavy atom. The van der Waals surface area contributed by atoms with Gasteiger partial charge in [0.05, 0.1) is 23.6 Å². The molecule has 2 aromatic heterocycles. The van der Waals surface area contributed by atoms with E-state index in [4.69, 9.17) is 0 Å². The quantitative estimate of drug-likeness (QED) is 0.881. The molecule has 0 saturated carbocycles. The van der Waals surface area contributed by atoms with Crippen LogP contribution in [0, 0.1) is 10.8 Å². The number of hydrogen-bond donors (Lipinski definition) is 2. The van der Waals surface area contributed by atoms with Gasteiger partial charge in [-0.25, -0.2) is 0 Å². The Morgan fingerprint density at radius 1 is 0.708 bits per heavy atom. The van der Waals surface area contributed by atoms with Crippen LogP contribution in [-0.4, -0.2) is 20.2 Å². The highest BCUT2D eigenvalue weighted by atomic mass is 16.3. The molecule has 4 nitrogen and oxygen atoms in total. The Labute approximate surface area is 144 Å². The van der Waals surface area contributed by atoms with Gasteiger partial charge in [-0.2, -0.15) is 0 Å². The third kappa shape index (κ3) is 3.82. The van der Waals surface area contributed by atoms with Gasteiger partial charge in [0.1, 0.15) is 0 Å². The Hall–Kier alpha value is -1.78. The lowest BCUT2D eigenvalue weighted by molar-refractivity contribution is 0.0612. The van der Waals surface area contributed by atoms with Gasteiger partial charge in [0.25, 0.3) is 0 Å². The number of aliphatic hydroxyl groups excluding tert-OH is 2. The monoisotopic (exact) mass is 328 g/mol. The number of pyridine rings is 2. The van der Waals surface area contributed by atoms with Crippen LogP contribution >= 0.6 is 0 Å². The summed E-state index contributed by atoms with van der Waals surface area (Å²) >= 11 is 0. The summed E-state index contributed by atoms with van der Waals surface area (Å²) < 4.78 is 0. The van der Waals surface area contributed by atoms with Crippen LogP contribution in [0.2, 0.25) is 0 Å². The maximum atomic E-state index is 10.8. The summed E-state index contributed by atoms with van der Waals surface area (Å²) in [7, 11) is 0. The van der Waals surface area contributed by atoms with E-state index < -0.39 is 12.2 Å². The lowest BCUT2D eigenvalue weighted by atomic mass is 9.81. The van der Waals surface area contributed by atoms with Crippen molar-refractivity contribution >= 4 is 0 Å². The number of rotatable bonds is 3. The molecule has 2 atom stereocenters. The zero-order valence-corrected chi connectivity index (χ0v) is 15.4. The summed E-state index contributed by atoms with van der Waals surface area (Å²) in [6.07, 6.45) is 2.03. The first-order chi connectivity index (χ1) is 11.0. The lowest BCUT2D eigenvalue weighted by Crippen LogP contribution is -2.21. The summed E-state index contributed by atoms with van der Waals surface area (Å²) in [6.45, 7) is 11.9. The first-order valence-electron chi connectivity index (χ1n) is 8.30. The summed E-state index contributed by atoms with van der Waals surface area (Å²) in [5.74, 6) is 0. The fourth-order valence-corrected chi connectivity index (χ4v) is 2.61. The van der Waals surface area contributed by atoms with Crippen molar-refractivity contribution in [2.45, 2.75) is 53.8 Å². The van der Waals surface area contributed by atoms with Crippen molar-refractivity contribution in [3.05, 3.63) is 47.8 Å². The van der Waals surface area contributed by atoms with Gasteiger partial charge in [0, 0.05) is 23.5 Å². The minimum Gasteiger partial charge on any atom is -0.388 e. The highest BCUT2D eigenvalue weighted by Gasteiger charge is 2.31. The van der Waals surface area contributed by atoms with Crippen LogP contribution in [0.25, 0.3) is 11.4 Å². The van der Waals surface area contributed by atoms with Crippen molar-refractivity contribution in [1.82, 2.24) is 9.97 Å². The van der Waals surface area contributed by atoms with E-state index in [-0.39, 0.29) is 10.8 Å². The zero-order chi connectivity index (χ0) is 18.1. The fraction of sp³-hybridized carbons (Fsp3) is 0.500. The summed E-state index contributed by atoms with van der Waals surface area (Å²) in [5.41, 5.74) is 2.06. The van der Waals surface area contributed by atoms with E-state index in [1.165, 1.54) is 0 Å². The highest BCUT2D eigenvalue weighted by Crippen LogP contribution is 2.40. The third-order valence-corrected chi connectivity index (χ3v) is 4.13. The van der Waals surface area contributed by atoms with E-state index in [0.29, 0.717) is 11.4 Å². The van der Waals surface area contributed by atoms with Crippen LogP contribution in [0.5, 0.6) is 0 Å². The van der Waals surface area contributed by atoms with E-state index in [2.05, 4.69) is 9.97 Å². The van der Waals surface area contributed by atoms with Crippen molar-refractivity contribution in [1.29, 1.82) is 0 Å². The van der Waals surface area contributed by atoms with Gasteiger partial charge in [-0.15, -0.1) is 0 Å². The van der Waals surface area contributed by atoms with Crippen LogP contribution in [0.4, 0.5) is 0 Å². The van der Waals surface area contributed by atoms with Crippen molar-refractivity contribution < 1.29 is 10.2 Å². The topological polar surface area (TPSA) is 66.2 Å². The predicted molar refractivity (Wildman–Crippen MR) is 96.3 cm³/mol. The molecule has 2 aromatic rings. The molecular weight excluding hydrogens is 300 g/mol. The SMILES string of the molecule is CC(C)(C)[C@H](O)c1cccnc1-c1ncccc1[C@@H](O)C(C)(C)C. The Bertz CT molecular complexity index is 638. The molecule has 0 aliphatic rings.